The number of hydrogen-bond acceptors (Lipinski definition) is 3. The summed E-state index contributed by atoms with van der Waals surface area (Å²) in [6.45, 7) is 6.05. The van der Waals surface area contributed by atoms with Gasteiger partial charge in [-0.3, -0.25) is 4.99 Å². The quantitative estimate of drug-likeness (QED) is 0.158. The summed E-state index contributed by atoms with van der Waals surface area (Å²) < 4.78 is 7.45. The van der Waals surface area contributed by atoms with E-state index in [1.807, 2.05) is 19.4 Å². The van der Waals surface area contributed by atoms with E-state index in [0.29, 0.717) is 6.54 Å². The molecule has 0 spiro atoms. The Kier molecular flexibility index (Phi) is 11.8. The maximum atomic E-state index is 5.38. The third kappa shape index (κ3) is 8.27. The van der Waals surface area contributed by atoms with Gasteiger partial charge in [-0.15, -0.1) is 24.0 Å². The maximum absolute atomic E-state index is 5.38. The third-order valence-corrected chi connectivity index (χ3v) is 5.09. The van der Waals surface area contributed by atoms with E-state index >= 15 is 0 Å². The minimum atomic E-state index is 0. The van der Waals surface area contributed by atoms with Crippen LogP contribution in [0.2, 0.25) is 0 Å². The summed E-state index contributed by atoms with van der Waals surface area (Å²) in [5.74, 6) is 0.821. The van der Waals surface area contributed by atoms with Crippen LogP contribution in [0.3, 0.4) is 0 Å². The molecule has 1 aromatic heterocycles. The fraction of sp³-hybridized carbons (Fsp3) is 0.360. The van der Waals surface area contributed by atoms with Gasteiger partial charge in [0.2, 0.25) is 0 Å². The van der Waals surface area contributed by atoms with Crippen molar-refractivity contribution in [3.8, 4) is 11.1 Å². The van der Waals surface area contributed by atoms with Crippen LogP contribution in [0.25, 0.3) is 11.1 Å². The molecule has 0 saturated carbocycles. The van der Waals surface area contributed by atoms with Crippen molar-refractivity contribution >= 4 is 29.9 Å². The van der Waals surface area contributed by atoms with Gasteiger partial charge in [0.1, 0.15) is 0 Å². The Hall–Kier alpha value is -2.39. The van der Waals surface area contributed by atoms with Crippen LogP contribution in [0, 0.1) is 0 Å². The highest BCUT2D eigenvalue weighted by Crippen LogP contribution is 2.24. The highest BCUT2D eigenvalue weighted by Gasteiger charge is 2.06. The van der Waals surface area contributed by atoms with Gasteiger partial charge in [0.15, 0.2) is 5.96 Å². The number of aliphatic imine (C=N–C) groups is 1. The second-order valence-corrected chi connectivity index (χ2v) is 7.35. The predicted molar refractivity (Wildman–Crippen MR) is 143 cm³/mol. The van der Waals surface area contributed by atoms with E-state index in [4.69, 9.17) is 4.74 Å². The molecule has 2 aromatic carbocycles. The number of nitrogens with one attached hydrogen (secondary N) is 2. The number of guanidine groups is 1. The molecule has 0 aliphatic heterocycles. The van der Waals surface area contributed by atoms with Crippen LogP contribution in [-0.4, -0.2) is 42.3 Å². The summed E-state index contributed by atoms with van der Waals surface area (Å²) in [5.41, 5.74) is 4.94. The molecule has 6 nitrogen and oxygen atoms in total. The van der Waals surface area contributed by atoms with Crippen LogP contribution in [0.15, 0.2) is 72.2 Å². The minimum absolute atomic E-state index is 0. The van der Waals surface area contributed by atoms with Gasteiger partial charge in [0.25, 0.3) is 0 Å². The average Bonchev–Trinajstić information content (AvgIpc) is 3.32. The highest BCUT2D eigenvalue weighted by atomic mass is 127. The average molecular weight is 547 g/mol. The Morgan fingerprint density at radius 1 is 1.06 bits per heavy atom. The second-order valence-electron chi connectivity index (χ2n) is 7.35. The minimum Gasteiger partial charge on any atom is -0.382 e. The molecule has 7 heteroatoms. The Labute approximate surface area is 208 Å². The van der Waals surface area contributed by atoms with Gasteiger partial charge >= 0.3 is 0 Å². The van der Waals surface area contributed by atoms with Crippen LogP contribution >= 0.6 is 24.0 Å². The number of hydrogen-bond donors (Lipinski definition) is 2. The van der Waals surface area contributed by atoms with E-state index in [1.54, 1.807) is 13.2 Å². The van der Waals surface area contributed by atoms with Crippen LogP contribution in [0.5, 0.6) is 0 Å². The monoisotopic (exact) mass is 547 g/mol. The molecule has 172 valence electrons. The zero-order chi connectivity index (χ0) is 21.7. The van der Waals surface area contributed by atoms with Gasteiger partial charge in [-0.1, -0.05) is 48.5 Å². The molecule has 32 heavy (non-hydrogen) atoms. The number of halogens is 1. The van der Waals surface area contributed by atoms with Gasteiger partial charge in [0, 0.05) is 52.3 Å². The first-order valence-electron chi connectivity index (χ1n) is 11.0. The van der Waals surface area contributed by atoms with E-state index in [-0.39, 0.29) is 24.0 Å². The molecule has 3 aromatic rings. The first-order chi connectivity index (χ1) is 15.3. The summed E-state index contributed by atoms with van der Waals surface area (Å²) in [4.78, 5) is 8.45. The molecule has 0 atom stereocenters. The van der Waals surface area contributed by atoms with E-state index in [2.05, 4.69) is 73.7 Å². The first kappa shape index (κ1) is 25.9. The summed E-state index contributed by atoms with van der Waals surface area (Å²) in [6, 6.07) is 17.3. The van der Waals surface area contributed by atoms with Crippen molar-refractivity contribution < 1.29 is 4.74 Å². The molecule has 0 bridgehead atoms. The van der Waals surface area contributed by atoms with Gasteiger partial charge < -0.3 is 19.9 Å². The fourth-order valence-corrected chi connectivity index (χ4v) is 3.42. The lowest BCUT2D eigenvalue weighted by Gasteiger charge is -2.15. The predicted octanol–water partition coefficient (Wildman–Crippen LogP) is 4.70. The van der Waals surface area contributed by atoms with Crippen molar-refractivity contribution in [1.29, 1.82) is 0 Å². The number of ether oxygens (including phenoxy) is 1. The van der Waals surface area contributed by atoms with Crippen molar-refractivity contribution in [1.82, 2.24) is 20.2 Å². The van der Waals surface area contributed by atoms with E-state index in [1.165, 1.54) is 22.3 Å². The first-order valence-corrected chi connectivity index (χ1v) is 11.0. The molecule has 0 aliphatic rings. The molecule has 2 N–H and O–H groups in total. The Balaban J connectivity index is 0.00000363. The van der Waals surface area contributed by atoms with Gasteiger partial charge in [0.05, 0.1) is 6.33 Å². The molecular formula is C25H34IN5O. The smallest absolute Gasteiger partial charge is 0.191 e. The van der Waals surface area contributed by atoms with Crippen molar-refractivity contribution in [2.45, 2.75) is 32.9 Å². The lowest BCUT2D eigenvalue weighted by Crippen LogP contribution is -2.37. The number of unbranched alkanes of at least 4 members (excludes halogenated alkanes) is 1. The number of benzene rings is 2. The summed E-state index contributed by atoms with van der Waals surface area (Å²) in [6.07, 6.45) is 7.74. The molecule has 0 saturated heterocycles. The molecule has 1 heterocycles. The number of rotatable bonds is 11. The topological polar surface area (TPSA) is 63.5 Å². The van der Waals surface area contributed by atoms with Crippen LogP contribution in [-0.2, 0) is 17.8 Å². The SMILES string of the molecule is CCOCCCCNC(=NC)NCc1ccccc1-c1ccc(Cn2ccnc2)cc1.I. The van der Waals surface area contributed by atoms with Gasteiger partial charge in [-0.05, 0) is 42.0 Å². The standard InChI is InChI=1S/C25H33N5O.HI/c1-3-31-17-7-6-14-28-25(26-2)29-18-23-8-4-5-9-24(23)22-12-10-21(11-13-22)19-30-16-15-27-20-30;/h4-5,8-13,15-16,20H,3,6-7,14,17-19H2,1-2H3,(H2,26,28,29);1H. The normalized spacial score (nSPS) is 11.1. The lowest BCUT2D eigenvalue weighted by molar-refractivity contribution is 0.143. The van der Waals surface area contributed by atoms with Crippen molar-refractivity contribution in [2.24, 2.45) is 4.99 Å². The third-order valence-electron chi connectivity index (χ3n) is 5.09. The van der Waals surface area contributed by atoms with E-state index in [0.717, 1.165) is 45.1 Å². The highest BCUT2D eigenvalue weighted by molar-refractivity contribution is 14.0. The Morgan fingerprint density at radius 2 is 1.88 bits per heavy atom. The summed E-state index contributed by atoms with van der Waals surface area (Å²) in [5, 5.41) is 6.82. The van der Waals surface area contributed by atoms with Crippen LogP contribution < -0.4 is 10.6 Å². The molecule has 0 radical (unpaired) electrons. The fourth-order valence-electron chi connectivity index (χ4n) is 3.42. The van der Waals surface area contributed by atoms with Crippen molar-refractivity contribution in [2.75, 3.05) is 26.8 Å². The lowest BCUT2D eigenvalue weighted by atomic mass is 9.98. The molecule has 0 unspecified atom stereocenters. The second kappa shape index (κ2) is 14.6. The maximum Gasteiger partial charge on any atom is 0.191 e. The van der Waals surface area contributed by atoms with Gasteiger partial charge in [-0.25, -0.2) is 4.98 Å². The van der Waals surface area contributed by atoms with Crippen LogP contribution in [0.1, 0.15) is 30.9 Å². The zero-order valence-electron chi connectivity index (χ0n) is 19.0. The van der Waals surface area contributed by atoms with Gasteiger partial charge in [-0.2, -0.15) is 0 Å². The zero-order valence-corrected chi connectivity index (χ0v) is 21.3. The van der Waals surface area contributed by atoms with Crippen LogP contribution in [0.4, 0.5) is 0 Å². The van der Waals surface area contributed by atoms with Crippen molar-refractivity contribution in [3.63, 3.8) is 0 Å². The van der Waals surface area contributed by atoms with E-state index < -0.39 is 0 Å². The number of nitrogens with zero attached hydrogens (tertiary/aromatic N) is 3. The molecule has 3 rings (SSSR count). The summed E-state index contributed by atoms with van der Waals surface area (Å²) >= 11 is 0. The largest absolute Gasteiger partial charge is 0.382 e. The molecular weight excluding hydrogens is 513 g/mol. The number of aromatic nitrogens is 2. The van der Waals surface area contributed by atoms with E-state index in [9.17, 15) is 0 Å². The Bertz CT molecular complexity index is 926. The molecule has 0 aliphatic carbocycles. The molecule has 0 amide bonds. The Morgan fingerprint density at radius 3 is 2.59 bits per heavy atom. The number of imidazole rings is 1. The van der Waals surface area contributed by atoms with Crippen molar-refractivity contribution in [3.05, 3.63) is 78.4 Å². The summed E-state index contributed by atoms with van der Waals surface area (Å²) in [7, 11) is 1.81. The molecule has 0 fully saturated rings.